The standard InChI is InChI=1S/C20H22Cl2N4O2/c1-11-6-4-5-7-14(11)17-16(21)8-15(18(22)24-17)19(23)25-9-13(3)26(20(27)28)10-12(25)2/h4-8,12-13,23H,9-10H2,1-3H3,(H,27,28)/t12-,13+/m0/s1. The summed E-state index contributed by atoms with van der Waals surface area (Å²) in [5, 5.41) is 18.6. The lowest BCUT2D eigenvalue weighted by Gasteiger charge is -2.44. The van der Waals surface area contributed by atoms with E-state index in [4.69, 9.17) is 28.6 Å². The molecule has 1 saturated heterocycles. The molecule has 0 unspecified atom stereocenters. The van der Waals surface area contributed by atoms with E-state index < -0.39 is 6.09 Å². The Kier molecular flexibility index (Phi) is 5.82. The predicted molar refractivity (Wildman–Crippen MR) is 112 cm³/mol. The molecule has 8 heteroatoms. The summed E-state index contributed by atoms with van der Waals surface area (Å²) in [6, 6.07) is 9.03. The molecule has 0 saturated carbocycles. The molecule has 1 fully saturated rings. The summed E-state index contributed by atoms with van der Waals surface area (Å²) in [5.74, 6) is 0.195. The number of rotatable bonds is 2. The van der Waals surface area contributed by atoms with E-state index in [1.807, 2.05) is 49.9 Å². The minimum absolute atomic E-state index is 0.161. The number of nitrogens with zero attached hydrogens (tertiary/aromatic N) is 3. The van der Waals surface area contributed by atoms with E-state index in [0.717, 1.165) is 11.1 Å². The highest BCUT2D eigenvalue weighted by atomic mass is 35.5. The van der Waals surface area contributed by atoms with Gasteiger partial charge in [-0.05, 0) is 32.4 Å². The van der Waals surface area contributed by atoms with Gasteiger partial charge in [0.2, 0.25) is 0 Å². The van der Waals surface area contributed by atoms with Crippen molar-refractivity contribution in [1.29, 1.82) is 5.41 Å². The summed E-state index contributed by atoms with van der Waals surface area (Å²) < 4.78 is 0. The lowest BCUT2D eigenvalue weighted by Crippen LogP contribution is -2.59. The number of benzene rings is 1. The Bertz CT molecular complexity index is 934. The van der Waals surface area contributed by atoms with E-state index in [1.165, 1.54) is 4.90 Å². The van der Waals surface area contributed by atoms with Crippen molar-refractivity contribution in [3.8, 4) is 11.3 Å². The van der Waals surface area contributed by atoms with E-state index >= 15 is 0 Å². The summed E-state index contributed by atoms with van der Waals surface area (Å²) in [4.78, 5) is 19.1. The number of halogens is 2. The van der Waals surface area contributed by atoms with Crippen LogP contribution in [-0.4, -0.2) is 57.0 Å². The Morgan fingerprint density at radius 1 is 1.18 bits per heavy atom. The second kappa shape index (κ2) is 7.97. The second-order valence-electron chi connectivity index (χ2n) is 7.11. The summed E-state index contributed by atoms with van der Waals surface area (Å²) in [6.45, 7) is 6.41. The number of nitrogens with one attached hydrogen (secondary N) is 1. The zero-order valence-corrected chi connectivity index (χ0v) is 17.4. The molecular formula is C20H22Cl2N4O2. The smallest absolute Gasteiger partial charge is 0.407 e. The van der Waals surface area contributed by atoms with Crippen LogP contribution >= 0.6 is 23.2 Å². The molecule has 2 N–H and O–H groups in total. The van der Waals surface area contributed by atoms with Gasteiger partial charge in [-0.2, -0.15) is 0 Å². The molecule has 2 atom stereocenters. The topological polar surface area (TPSA) is 80.5 Å². The maximum absolute atomic E-state index is 11.4. The monoisotopic (exact) mass is 420 g/mol. The average molecular weight is 421 g/mol. The quantitative estimate of drug-likeness (QED) is 0.416. The first-order chi connectivity index (χ1) is 13.2. The summed E-state index contributed by atoms with van der Waals surface area (Å²) in [7, 11) is 0. The molecule has 1 aliphatic heterocycles. The lowest BCUT2D eigenvalue weighted by atomic mass is 10.0. The molecule has 1 aromatic heterocycles. The number of carboxylic acid groups (broad SMARTS) is 1. The van der Waals surface area contributed by atoms with Crippen molar-refractivity contribution in [2.75, 3.05) is 13.1 Å². The highest BCUT2D eigenvalue weighted by molar-refractivity contribution is 6.36. The van der Waals surface area contributed by atoms with Crippen LogP contribution < -0.4 is 0 Å². The number of aryl methyl sites for hydroxylation is 1. The summed E-state index contributed by atoms with van der Waals surface area (Å²) in [6.07, 6.45) is -0.948. The maximum Gasteiger partial charge on any atom is 0.407 e. The zero-order valence-electron chi connectivity index (χ0n) is 15.9. The molecule has 28 heavy (non-hydrogen) atoms. The van der Waals surface area contributed by atoms with E-state index in [9.17, 15) is 9.90 Å². The van der Waals surface area contributed by atoms with Crippen LogP contribution in [0.15, 0.2) is 30.3 Å². The number of piperazine rings is 1. The van der Waals surface area contributed by atoms with Gasteiger partial charge in [0.25, 0.3) is 0 Å². The van der Waals surface area contributed by atoms with Crippen molar-refractivity contribution in [2.45, 2.75) is 32.9 Å². The van der Waals surface area contributed by atoms with Crippen LogP contribution in [0, 0.1) is 12.3 Å². The van der Waals surface area contributed by atoms with E-state index in [0.29, 0.717) is 29.4 Å². The fourth-order valence-electron chi connectivity index (χ4n) is 3.52. The molecule has 2 aromatic rings. The van der Waals surface area contributed by atoms with Crippen molar-refractivity contribution in [2.24, 2.45) is 0 Å². The van der Waals surface area contributed by atoms with Gasteiger partial charge in [-0.15, -0.1) is 0 Å². The minimum atomic E-state index is -0.948. The molecule has 2 heterocycles. The van der Waals surface area contributed by atoms with Gasteiger partial charge in [-0.1, -0.05) is 47.5 Å². The molecule has 0 bridgehead atoms. The summed E-state index contributed by atoms with van der Waals surface area (Å²) >= 11 is 12.9. The van der Waals surface area contributed by atoms with Crippen molar-refractivity contribution in [3.63, 3.8) is 0 Å². The van der Waals surface area contributed by atoms with Gasteiger partial charge in [0.15, 0.2) is 0 Å². The van der Waals surface area contributed by atoms with Crippen molar-refractivity contribution >= 4 is 35.1 Å². The molecule has 1 aromatic carbocycles. The van der Waals surface area contributed by atoms with Crippen molar-refractivity contribution in [1.82, 2.24) is 14.8 Å². The molecule has 1 amide bonds. The van der Waals surface area contributed by atoms with Crippen LogP contribution in [-0.2, 0) is 0 Å². The highest BCUT2D eigenvalue weighted by Gasteiger charge is 2.34. The van der Waals surface area contributed by atoms with Gasteiger partial charge in [-0.3, -0.25) is 5.41 Å². The van der Waals surface area contributed by atoms with Gasteiger partial charge in [0.05, 0.1) is 16.3 Å². The number of amidine groups is 1. The van der Waals surface area contributed by atoms with Gasteiger partial charge in [0.1, 0.15) is 11.0 Å². The molecule has 0 spiro atoms. The maximum atomic E-state index is 11.4. The molecule has 0 aliphatic carbocycles. The molecular weight excluding hydrogens is 399 g/mol. The fourth-order valence-corrected chi connectivity index (χ4v) is 4.00. The number of carbonyl (C=O) groups is 1. The van der Waals surface area contributed by atoms with Crippen molar-refractivity contribution < 1.29 is 9.90 Å². The highest BCUT2D eigenvalue weighted by Crippen LogP contribution is 2.32. The number of hydrogen-bond acceptors (Lipinski definition) is 3. The normalized spacial score (nSPS) is 19.6. The first-order valence-electron chi connectivity index (χ1n) is 8.97. The first-order valence-corrected chi connectivity index (χ1v) is 9.73. The lowest BCUT2D eigenvalue weighted by molar-refractivity contribution is 0.0747. The van der Waals surface area contributed by atoms with Gasteiger partial charge in [-0.25, -0.2) is 9.78 Å². The molecule has 3 rings (SSSR count). The number of amides is 1. The number of aromatic nitrogens is 1. The molecule has 148 valence electrons. The molecule has 1 aliphatic rings. The zero-order chi connectivity index (χ0) is 20.6. The number of hydrogen-bond donors (Lipinski definition) is 2. The fraction of sp³-hybridized carbons (Fsp3) is 0.350. The first kappa shape index (κ1) is 20.4. The Morgan fingerprint density at radius 3 is 2.43 bits per heavy atom. The third-order valence-corrected chi connectivity index (χ3v) is 5.68. The average Bonchev–Trinajstić information content (AvgIpc) is 2.64. The third kappa shape index (κ3) is 3.80. The van der Waals surface area contributed by atoms with Crippen molar-refractivity contribution in [3.05, 3.63) is 51.6 Å². The van der Waals surface area contributed by atoms with E-state index in [2.05, 4.69) is 4.98 Å². The van der Waals surface area contributed by atoms with Crippen LogP contribution in [0.2, 0.25) is 10.2 Å². The van der Waals surface area contributed by atoms with Crippen LogP contribution in [0.25, 0.3) is 11.3 Å². The third-order valence-electron chi connectivity index (χ3n) is 5.10. The Hall–Kier alpha value is -2.31. The van der Waals surface area contributed by atoms with Crippen LogP contribution in [0.3, 0.4) is 0 Å². The van der Waals surface area contributed by atoms with Crippen LogP contribution in [0.4, 0.5) is 4.79 Å². The Morgan fingerprint density at radius 2 is 1.79 bits per heavy atom. The van der Waals surface area contributed by atoms with Crippen LogP contribution in [0.1, 0.15) is 25.0 Å². The Balaban J connectivity index is 1.92. The van der Waals surface area contributed by atoms with Gasteiger partial charge < -0.3 is 14.9 Å². The second-order valence-corrected chi connectivity index (χ2v) is 7.87. The number of pyridine rings is 1. The SMILES string of the molecule is Cc1ccccc1-c1nc(Cl)c(C(=N)N2C[C@@H](C)N(C(=O)O)C[C@@H]2C)cc1Cl. The predicted octanol–water partition coefficient (Wildman–Crippen LogP) is 4.76. The van der Waals surface area contributed by atoms with Gasteiger partial charge >= 0.3 is 6.09 Å². The molecule has 0 radical (unpaired) electrons. The van der Waals surface area contributed by atoms with Gasteiger partial charge in [0, 0.05) is 30.7 Å². The van der Waals surface area contributed by atoms with E-state index in [-0.39, 0.29) is 23.1 Å². The summed E-state index contributed by atoms with van der Waals surface area (Å²) in [5.41, 5.74) is 2.94. The Labute approximate surface area is 174 Å². The minimum Gasteiger partial charge on any atom is -0.465 e. The largest absolute Gasteiger partial charge is 0.465 e. The van der Waals surface area contributed by atoms with Crippen LogP contribution in [0.5, 0.6) is 0 Å². The molecule has 6 nitrogen and oxygen atoms in total. The van der Waals surface area contributed by atoms with E-state index in [1.54, 1.807) is 6.07 Å².